The van der Waals surface area contributed by atoms with E-state index in [9.17, 15) is 0 Å². The van der Waals surface area contributed by atoms with Crippen LogP contribution in [0.2, 0.25) is 0 Å². The van der Waals surface area contributed by atoms with Crippen molar-refractivity contribution in [3.8, 4) is 0 Å². The Labute approximate surface area is 117 Å². The van der Waals surface area contributed by atoms with Gasteiger partial charge in [0.2, 0.25) is 0 Å². The Bertz CT molecular complexity index is 481. The maximum Gasteiger partial charge on any atom is 0.0347 e. The van der Waals surface area contributed by atoms with Crippen LogP contribution < -0.4 is 5.32 Å². The minimum atomic E-state index is 0.130. The average Bonchev–Trinajstić information content (AvgIpc) is 3.06. The summed E-state index contributed by atoms with van der Waals surface area (Å²) in [4.78, 5) is 2.59. The highest BCUT2D eigenvalue weighted by molar-refractivity contribution is 5.54. The molecule has 2 heteroatoms. The molecule has 1 heterocycles. The van der Waals surface area contributed by atoms with Gasteiger partial charge in [-0.2, -0.15) is 0 Å². The van der Waals surface area contributed by atoms with Crippen molar-refractivity contribution < 1.29 is 0 Å². The van der Waals surface area contributed by atoms with Gasteiger partial charge in [0.1, 0.15) is 0 Å². The van der Waals surface area contributed by atoms with E-state index in [0.717, 1.165) is 13.1 Å². The lowest BCUT2D eigenvalue weighted by Crippen LogP contribution is -2.37. The lowest BCUT2D eigenvalue weighted by Gasteiger charge is -2.35. The minimum absolute atomic E-state index is 0.130. The van der Waals surface area contributed by atoms with Crippen LogP contribution in [-0.2, 0) is 12.0 Å². The van der Waals surface area contributed by atoms with E-state index in [2.05, 4.69) is 56.1 Å². The van der Waals surface area contributed by atoms with Gasteiger partial charge in [-0.15, -0.1) is 0 Å². The molecule has 0 unspecified atom stereocenters. The van der Waals surface area contributed by atoms with E-state index < -0.39 is 0 Å². The molecule has 0 amide bonds. The van der Waals surface area contributed by atoms with E-state index in [0.29, 0.717) is 5.41 Å². The predicted molar refractivity (Wildman–Crippen MR) is 81.7 cm³/mol. The molecule has 0 saturated heterocycles. The van der Waals surface area contributed by atoms with Crippen LogP contribution in [0.5, 0.6) is 0 Å². The molecule has 1 fully saturated rings. The fourth-order valence-electron chi connectivity index (χ4n) is 3.36. The summed E-state index contributed by atoms with van der Waals surface area (Å²) in [5.41, 5.74) is 5.06. The fraction of sp³-hybridized carbons (Fsp3) is 0.647. The third kappa shape index (κ3) is 2.51. The molecule has 1 aliphatic heterocycles. The van der Waals surface area contributed by atoms with Crippen molar-refractivity contribution in [2.24, 2.45) is 0 Å². The normalized spacial score (nSPS) is 21.3. The zero-order valence-electron chi connectivity index (χ0n) is 12.7. The zero-order chi connectivity index (χ0) is 13.7. The number of anilines is 1. The minimum Gasteiger partial charge on any atom is -0.380 e. The molecule has 1 spiro atoms. The number of nitrogens with zero attached hydrogens (tertiary/aromatic N) is 1. The van der Waals surface area contributed by atoms with Crippen LogP contribution >= 0.6 is 0 Å². The summed E-state index contributed by atoms with van der Waals surface area (Å²) in [5.74, 6) is 0. The van der Waals surface area contributed by atoms with E-state index >= 15 is 0 Å². The molecule has 1 aliphatic carbocycles. The fourth-order valence-corrected chi connectivity index (χ4v) is 3.36. The summed E-state index contributed by atoms with van der Waals surface area (Å²) in [5, 5.41) is 3.59. The van der Waals surface area contributed by atoms with Gasteiger partial charge in [0.05, 0.1) is 0 Å². The van der Waals surface area contributed by atoms with E-state index in [1.54, 1.807) is 11.1 Å². The lowest BCUT2D eigenvalue weighted by atomic mass is 9.86. The average molecular weight is 258 g/mol. The molecule has 104 valence electrons. The van der Waals surface area contributed by atoms with Gasteiger partial charge in [-0.3, -0.25) is 4.90 Å². The van der Waals surface area contributed by atoms with Crippen molar-refractivity contribution in [1.29, 1.82) is 0 Å². The highest BCUT2D eigenvalue weighted by Crippen LogP contribution is 2.52. The Morgan fingerprint density at radius 3 is 2.58 bits per heavy atom. The summed E-state index contributed by atoms with van der Waals surface area (Å²) in [7, 11) is 0. The van der Waals surface area contributed by atoms with Gasteiger partial charge >= 0.3 is 0 Å². The number of fused-ring (bicyclic) bond motifs is 2. The largest absolute Gasteiger partial charge is 0.380 e. The number of hydrogen-bond donors (Lipinski definition) is 1. The van der Waals surface area contributed by atoms with E-state index in [1.807, 2.05) is 0 Å². The molecule has 0 atom stereocenters. The second-order valence-electron chi connectivity index (χ2n) is 7.33. The summed E-state index contributed by atoms with van der Waals surface area (Å²) < 4.78 is 0. The lowest BCUT2D eigenvalue weighted by molar-refractivity contribution is 0.233. The van der Waals surface area contributed by atoms with Gasteiger partial charge in [0, 0.05) is 29.7 Å². The molecule has 2 nitrogen and oxygen atoms in total. The van der Waals surface area contributed by atoms with Gasteiger partial charge in [-0.1, -0.05) is 13.0 Å². The summed E-state index contributed by atoms with van der Waals surface area (Å²) in [6.45, 7) is 12.5. The summed E-state index contributed by atoms with van der Waals surface area (Å²) in [6, 6.07) is 7.03. The Hall–Kier alpha value is -1.02. The standard InChI is InChI=1S/C17H26N2/c1-5-19-11-13-10-14(18-16(2,3)4)6-7-15(13)17(12-19)8-9-17/h6-7,10,18H,5,8-9,11-12H2,1-4H3. The maximum absolute atomic E-state index is 3.59. The molecule has 2 aliphatic rings. The predicted octanol–water partition coefficient (Wildman–Crippen LogP) is 3.76. The second kappa shape index (κ2) is 4.24. The number of benzene rings is 1. The van der Waals surface area contributed by atoms with Crippen LogP contribution in [0.4, 0.5) is 5.69 Å². The second-order valence-corrected chi connectivity index (χ2v) is 7.33. The van der Waals surface area contributed by atoms with Crippen LogP contribution in [0.25, 0.3) is 0 Å². The summed E-state index contributed by atoms with van der Waals surface area (Å²) in [6.07, 6.45) is 2.76. The van der Waals surface area contributed by atoms with Crippen LogP contribution in [0.15, 0.2) is 18.2 Å². The highest BCUT2D eigenvalue weighted by atomic mass is 15.1. The number of likely N-dealkylation sites (N-methyl/N-ethyl adjacent to an activating group) is 1. The Morgan fingerprint density at radius 1 is 1.26 bits per heavy atom. The molecule has 1 N–H and O–H groups in total. The first kappa shape index (κ1) is 13.0. The highest BCUT2D eigenvalue weighted by Gasteiger charge is 2.48. The number of rotatable bonds is 2. The third-order valence-corrected chi connectivity index (χ3v) is 4.42. The van der Waals surface area contributed by atoms with Gasteiger partial charge < -0.3 is 5.32 Å². The first-order valence-electron chi connectivity index (χ1n) is 7.56. The van der Waals surface area contributed by atoms with Crippen molar-refractivity contribution in [3.05, 3.63) is 29.3 Å². The van der Waals surface area contributed by atoms with E-state index in [4.69, 9.17) is 0 Å². The van der Waals surface area contributed by atoms with Crippen LogP contribution in [0.1, 0.15) is 51.7 Å². The van der Waals surface area contributed by atoms with Gasteiger partial charge in [-0.25, -0.2) is 0 Å². The van der Waals surface area contributed by atoms with Crippen molar-refractivity contribution in [1.82, 2.24) is 4.90 Å². The Morgan fingerprint density at radius 2 is 2.00 bits per heavy atom. The van der Waals surface area contributed by atoms with Crippen molar-refractivity contribution in [2.45, 2.75) is 58.0 Å². The SMILES string of the molecule is CCN1Cc2cc(NC(C)(C)C)ccc2C2(CC2)C1. The molecular formula is C17H26N2. The molecule has 0 bridgehead atoms. The quantitative estimate of drug-likeness (QED) is 0.869. The van der Waals surface area contributed by atoms with Gasteiger partial charge in [-0.05, 0) is 63.4 Å². The molecule has 3 rings (SSSR count). The number of nitrogens with one attached hydrogen (secondary N) is 1. The Balaban J connectivity index is 1.92. The summed E-state index contributed by atoms with van der Waals surface area (Å²) >= 11 is 0. The molecular weight excluding hydrogens is 232 g/mol. The van der Waals surface area contributed by atoms with E-state index in [1.165, 1.54) is 25.1 Å². The van der Waals surface area contributed by atoms with Crippen molar-refractivity contribution >= 4 is 5.69 Å². The monoisotopic (exact) mass is 258 g/mol. The number of hydrogen-bond acceptors (Lipinski definition) is 2. The molecule has 0 radical (unpaired) electrons. The maximum atomic E-state index is 3.59. The Kier molecular flexibility index (Phi) is 2.90. The molecule has 19 heavy (non-hydrogen) atoms. The van der Waals surface area contributed by atoms with Crippen LogP contribution in [0, 0.1) is 0 Å². The topological polar surface area (TPSA) is 15.3 Å². The van der Waals surface area contributed by atoms with Gasteiger partial charge in [0.25, 0.3) is 0 Å². The first-order chi connectivity index (χ1) is 8.92. The molecule has 0 aromatic heterocycles. The van der Waals surface area contributed by atoms with Crippen molar-refractivity contribution in [2.75, 3.05) is 18.4 Å². The molecule has 1 aromatic carbocycles. The van der Waals surface area contributed by atoms with Crippen LogP contribution in [-0.4, -0.2) is 23.5 Å². The smallest absolute Gasteiger partial charge is 0.0347 e. The van der Waals surface area contributed by atoms with E-state index in [-0.39, 0.29) is 5.54 Å². The van der Waals surface area contributed by atoms with Gasteiger partial charge in [0.15, 0.2) is 0 Å². The molecule has 1 saturated carbocycles. The van der Waals surface area contributed by atoms with Crippen molar-refractivity contribution in [3.63, 3.8) is 0 Å². The van der Waals surface area contributed by atoms with Crippen LogP contribution in [0.3, 0.4) is 0 Å². The molecule has 1 aromatic rings. The first-order valence-corrected chi connectivity index (χ1v) is 7.56. The zero-order valence-corrected chi connectivity index (χ0v) is 12.7. The third-order valence-electron chi connectivity index (χ3n) is 4.42.